The molecule has 1 fully saturated rings. The lowest BCUT2D eigenvalue weighted by Gasteiger charge is -2.26. The number of carbonyl (C=O) groups excluding carboxylic acids is 5. The monoisotopic (exact) mass is 1420 g/mol. The predicted octanol–water partition coefficient (Wildman–Crippen LogP) is 25.8. The van der Waals surface area contributed by atoms with Crippen molar-refractivity contribution in [2.24, 2.45) is 59.2 Å². The molecule has 0 aliphatic heterocycles. The summed E-state index contributed by atoms with van der Waals surface area (Å²) in [7, 11) is 0. The molecule has 0 amide bonds. The summed E-state index contributed by atoms with van der Waals surface area (Å²) >= 11 is 0. The normalized spacial score (nSPS) is 18.2. The van der Waals surface area contributed by atoms with E-state index >= 15 is 0 Å². The first-order valence-corrected chi connectivity index (χ1v) is 39.9. The maximum absolute atomic E-state index is 12.9. The molecule has 12 aromatic rings. The second-order valence-electron chi connectivity index (χ2n) is 32.5. The SMILES string of the molecule is CC(C)C1Cc2c(cccc2-c2cccc3ccccc23)C1=O.CC(C)C1Cc2c(cccc2-c2ccccc2)C1=O.CC(C)CC1Cc2c(cccc2-c2cccc3ccccc23)C1=O.CC(C)CC1Cc2c(cccc2-c2ccccc2)C1=O.O=C1c2cccc(-c3ccccc3)c2CC1C1CCCCC1. The second kappa shape index (κ2) is 33.3. The summed E-state index contributed by atoms with van der Waals surface area (Å²) in [5, 5.41) is 5.00. The quantitative estimate of drug-likeness (QED) is 0.122. The maximum atomic E-state index is 12.9. The fraction of sp³-hybridized carbons (Fsp3) is 0.291. The van der Waals surface area contributed by atoms with Crippen LogP contribution in [0.25, 0.3) is 77.2 Å². The van der Waals surface area contributed by atoms with E-state index in [2.05, 4.69) is 231 Å². The Morgan fingerprint density at radius 2 is 0.546 bits per heavy atom. The van der Waals surface area contributed by atoms with Crippen LogP contribution in [0.5, 0.6) is 0 Å². The van der Waals surface area contributed by atoms with E-state index in [0.717, 1.165) is 72.8 Å². The smallest absolute Gasteiger partial charge is 0.166 e. The largest absolute Gasteiger partial charge is 0.294 e. The van der Waals surface area contributed by atoms with E-state index in [4.69, 9.17) is 0 Å². The highest BCUT2D eigenvalue weighted by Crippen LogP contribution is 2.46. The van der Waals surface area contributed by atoms with Crippen molar-refractivity contribution in [2.75, 3.05) is 0 Å². The summed E-state index contributed by atoms with van der Waals surface area (Å²) < 4.78 is 0. The fourth-order valence-corrected chi connectivity index (χ4v) is 18.4. The van der Waals surface area contributed by atoms with Gasteiger partial charge in [0, 0.05) is 57.4 Å². The summed E-state index contributed by atoms with van der Waals surface area (Å²) in [6, 6.07) is 91.9. The molecule has 18 rings (SSSR count). The van der Waals surface area contributed by atoms with Gasteiger partial charge in [0.2, 0.25) is 0 Å². The van der Waals surface area contributed by atoms with Crippen molar-refractivity contribution in [3.8, 4) is 55.6 Å². The van der Waals surface area contributed by atoms with E-state index in [1.165, 1.54) is 137 Å². The molecule has 0 radical (unpaired) electrons. The molecule has 5 heteroatoms. The number of hydrogen-bond donors (Lipinski definition) is 0. The van der Waals surface area contributed by atoms with Gasteiger partial charge in [-0.1, -0.05) is 342 Å². The Balaban J connectivity index is 0.000000113. The van der Waals surface area contributed by atoms with Crippen LogP contribution in [0.4, 0.5) is 0 Å². The van der Waals surface area contributed by atoms with Gasteiger partial charge in [-0.2, -0.15) is 0 Å². The van der Waals surface area contributed by atoms with Gasteiger partial charge in [-0.05, 0) is 192 Å². The number of benzene rings is 12. The first kappa shape index (κ1) is 74.4. The predicted molar refractivity (Wildman–Crippen MR) is 447 cm³/mol. The standard InChI is InChI=1S/C23H22O.C22H20O.C21H22O.C19H20O.C18H18O/c1-15(2)13-17-14-22-20(11-6-12-21(22)23(17)24)19-10-5-8-16-7-3-4-9-18(16)19;1-14(2)20-13-21-18(11-6-12-19(21)22(20)23)17-10-5-8-15-7-3-4-9-16(15)17;22-21-18-13-7-12-17(15-8-3-1-4-9-15)20(18)14-19(21)16-10-5-2-6-11-16;1-13(2)11-15-12-18-16(14-7-4-3-5-8-14)9-6-10-17(18)19(15)20;1-12(2)16-11-17-14(13-7-4-3-5-8-13)9-6-10-15(17)18(16)19/h3-12,15,17H,13-14H2,1-2H3;3-12,14,20H,13H2,1-2H3;1,3-4,7-9,12-13,16,19H,2,5-6,10-11,14H2;3-10,13,15H,11-12H2,1-2H3;3-10,12,16H,11H2,1-2H3. The summed E-state index contributed by atoms with van der Waals surface area (Å²) in [5.74, 6) is 5.07. The van der Waals surface area contributed by atoms with Gasteiger partial charge in [0.05, 0.1) is 0 Å². The van der Waals surface area contributed by atoms with Gasteiger partial charge in [-0.25, -0.2) is 0 Å². The highest BCUT2D eigenvalue weighted by Gasteiger charge is 2.40. The van der Waals surface area contributed by atoms with Gasteiger partial charge in [-0.3, -0.25) is 24.0 Å². The van der Waals surface area contributed by atoms with Crippen molar-refractivity contribution in [3.05, 3.63) is 323 Å². The number of Topliss-reactive ketones (excluding diaryl/α,β-unsaturated/α-hetero) is 5. The molecular formula is C103H102O5. The van der Waals surface area contributed by atoms with Crippen LogP contribution in [0.15, 0.2) is 267 Å². The Kier molecular flexibility index (Phi) is 23.0. The van der Waals surface area contributed by atoms with Crippen LogP contribution in [-0.2, 0) is 32.1 Å². The third-order valence-corrected chi connectivity index (χ3v) is 23.9. The van der Waals surface area contributed by atoms with Gasteiger partial charge in [-0.15, -0.1) is 0 Å². The Morgan fingerprint density at radius 1 is 0.259 bits per heavy atom. The Hall–Kier alpha value is -10.5. The lowest BCUT2D eigenvalue weighted by atomic mass is 9.78. The van der Waals surface area contributed by atoms with Crippen molar-refractivity contribution < 1.29 is 24.0 Å². The van der Waals surface area contributed by atoms with Crippen LogP contribution in [0.3, 0.4) is 0 Å². The topological polar surface area (TPSA) is 85.3 Å². The van der Waals surface area contributed by atoms with E-state index in [9.17, 15) is 24.0 Å². The van der Waals surface area contributed by atoms with E-state index < -0.39 is 0 Å². The van der Waals surface area contributed by atoms with Crippen molar-refractivity contribution >= 4 is 50.5 Å². The molecule has 6 aliphatic carbocycles. The molecule has 1 saturated carbocycles. The highest BCUT2D eigenvalue weighted by molar-refractivity contribution is 6.09. The van der Waals surface area contributed by atoms with E-state index in [-0.39, 0.29) is 29.6 Å². The van der Waals surface area contributed by atoms with Crippen LogP contribution in [0, 0.1) is 59.2 Å². The molecule has 5 nitrogen and oxygen atoms in total. The first-order chi connectivity index (χ1) is 52.5. The number of fused-ring (bicyclic) bond motifs is 7. The van der Waals surface area contributed by atoms with Crippen LogP contribution in [0.2, 0.25) is 0 Å². The maximum Gasteiger partial charge on any atom is 0.166 e. The zero-order valence-electron chi connectivity index (χ0n) is 64.2. The number of hydrogen-bond acceptors (Lipinski definition) is 5. The van der Waals surface area contributed by atoms with Gasteiger partial charge in [0.15, 0.2) is 28.9 Å². The van der Waals surface area contributed by atoms with Crippen LogP contribution < -0.4 is 0 Å². The molecule has 544 valence electrons. The third kappa shape index (κ3) is 15.6. The van der Waals surface area contributed by atoms with Gasteiger partial charge in [0.1, 0.15) is 0 Å². The van der Waals surface area contributed by atoms with Gasteiger partial charge < -0.3 is 0 Å². The lowest BCUT2D eigenvalue weighted by Crippen LogP contribution is -2.22. The zero-order valence-corrected chi connectivity index (χ0v) is 64.2. The van der Waals surface area contributed by atoms with Crippen molar-refractivity contribution in [2.45, 2.75) is 132 Å². The molecule has 5 atom stereocenters. The molecule has 108 heavy (non-hydrogen) atoms. The summed E-state index contributed by atoms with van der Waals surface area (Å²) in [6.45, 7) is 17.3. The average molecular weight is 1420 g/mol. The van der Waals surface area contributed by atoms with E-state index in [1.54, 1.807) is 0 Å². The summed E-state index contributed by atoms with van der Waals surface area (Å²) in [4.78, 5) is 63.3. The molecule has 0 heterocycles. The average Bonchev–Trinajstić information content (AvgIpc) is 1.58. The molecule has 6 aliphatic rings. The highest BCUT2D eigenvalue weighted by atomic mass is 16.1. The molecule has 5 unspecified atom stereocenters. The summed E-state index contributed by atoms with van der Waals surface area (Å²) in [5.41, 5.74) is 23.2. The molecule has 0 bridgehead atoms. The van der Waals surface area contributed by atoms with Gasteiger partial charge >= 0.3 is 0 Å². The molecule has 0 saturated heterocycles. The van der Waals surface area contributed by atoms with Crippen molar-refractivity contribution in [1.82, 2.24) is 0 Å². The molecule has 12 aromatic carbocycles. The van der Waals surface area contributed by atoms with E-state index in [1.807, 2.05) is 91.0 Å². The number of rotatable bonds is 12. The Labute approximate surface area is 640 Å². The molecule has 0 N–H and O–H groups in total. The number of carbonyl (C=O) groups is 5. The Bertz CT molecular complexity index is 5250. The van der Waals surface area contributed by atoms with Crippen LogP contribution in [0.1, 0.15) is 180 Å². The number of ketones is 5. The minimum absolute atomic E-state index is 0.126. The lowest BCUT2D eigenvalue weighted by molar-refractivity contribution is 0.0865. The molecule has 0 spiro atoms. The van der Waals surface area contributed by atoms with Crippen molar-refractivity contribution in [1.29, 1.82) is 0 Å². The molecular weight excluding hydrogens is 1320 g/mol. The minimum atomic E-state index is 0.126. The van der Waals surface area contributed by atoms with E-state index in [0.29, 0.717) is 58.5 Å². The summed E-state index contributed by atoms with van der Waals surface area (Å²) in [6.07, 6.45) is 12.9. The minimum Gasteiger partial charge on any atom is -0.294 e. The van der Waals surface area contributed by atoms with Gasteiger partial charge in [0.25, 0.3) is 0 Å². The Morgan fingerprint density at radius 3 is 0.935 bits per heavy atom. The van der Waals surface area contributed by atoms with Crippen LogP contribution in [-0.4, -0.2) is 28.9 Å². The fourth-order valence-electron chi connectivity index (χ4n) is 18.4. The zero-order chi connectivity index (χ0) is 75.1. The first-order valence-electron chi connectivity index (χ1n) is 39.9. The molecule has 0 aromatic heterocycles. The van der Waals surface area contributed by atoms with Crippen molar-refractivity contribution in [3.63, 3.8) is 0 Å². The second-order valence-corrected chi connectivity index (χ2v) is 32.5. The van der Waals surface area contributed by atoms with Crippen LogP contribution >= 0.6 is 0 Å². The third-order valence-electron chi connectivity index (χ3n) is 23.9.